The van der Waals surface area contributed by atoms with E-state index in [2.05, 4.69) is 20.0 Å². The summed E-state index contributed by atoms with van der Waals surface area (Å²) in [5, 5.41) is 4.01. The van der Waals surface area contributed by atoms with Gasteiger partial charge in [-0.05, 0) is 70.4 Å². The fourth-order valence-electron chi connectivity index (χ4n) is 4.26. The van der Waals surface area contributed by atoms with Gasteiger partial charge in [0.15, 0.2) is 0 Å². The van der Waals surface area contributed by atoms with Crippen molar-refractivity contribution in [1.29, 1.82) is 0 Å². The molecule has 0 aliphatic heterocycles. The highest BCUT2D eigenvalue weighted by Crippen LogP contribution is 2.31. The number of aryl methyl sites for hydroxylation is 2. The molecule has 2 heterocycles. The van der Waals surface area contributed by atoms with Gasteiger partial charge in [0.05, 0.1) is 4.90 Å². The number of benzene rings is 1. The number of sulfonamides is 1. The first-order chi connectivity index (χ1) is 15.2. The monoisotopic (exact) mass is 455 g/mol. The Labute approximate surface area is 188 Å². The van der Waals surface area contributed by atoms with Crippen molar-refractivity contribution in [2.45, 2.75) is 70.4 Å². The predicted octanol–water partition coefficient (Wildman–Crippen LogP) is 3.95. The Balaban J connectivity index is 1.70. The zero-order valence-electron chi connectivity index (χ0n) is 18.8. The number of nitrogens with zero attached hydrogens (tertiary/aromatic N) is 3. The molecular weight excluding hydrogens is 426 g/mol. The molecule has 2 N–H and O–H groups in total. The van der Waals surface area contributed by atoms with Crippen molar-refractivity contribution in [1.82, 2.24) is 19.3 Å². The van der Waals surface area contributed by atoms with Crippen molar-refractivity contribution < 1.29 is 8.42 Å². The van der Waals surface area contributed by atoms with Crippen LogP contribution in [0.15, 0.2) is 40.2 Å². The van der Waals surface area contributed by atoms with E-state index in [1.807, 2.05) is 24.5 Å². The summed E-state index contributed by atoms with van der Waals surface area (Å²) in [5.74, 6) is 0.367. The molecular formula is C23H29N5O3S. The smallest absolute Gasteiger partial charge is 0.255 e. The molecule has 8 nitrogen and oxygen atoms in total. The van der Waals surface area contributed by atoms with E-state index >= 15 is 0 Å². The van der Waals surface area contributed by atoms with E-state index in [0.29, 0.717) is 22.8 Å². The molecule has 1 aliphatic carbocycles. The predicted molar refractivity (Wildman–Crippen MR) is 126 cm³/mol. The lowest BCUT2D eigenvalue weighted by Gasteiger charge is -2.18. The SMILES string of the molecule is Cc1cc(S(=O)(=O)NC(C)C)ccc1Nc1ncc2cc(C)c(=O)n(C3CCCC3)c2n1. The van der Waals surface area contributed by atoms with Crippen LogP contribution in [0.3, 0.4) is 0 Å². The fraction of sp³-hybridized carbons (Fsp3) is 0.435. The first-order valence-electron chi connectivity index (χ1n) is 10.9. The number of aromatic nitrogens is 3. The van der Waals surface area contributed by atoms with Crippen LogP contribution in [0.1, 0.15) is 56.7 Å². The molecule has 0 amide bonds. The molecule has 3 aromatic rings. The van der Waals surface area contributed by atoms with E-state index < -0.39 is 10.0 Å². The van der Waals surface area contributed by atoms with E-state index in [4.69, 9.17) is 0 Å². The molecule has 4 rings (SSSR count). The molecule has 1 aromatic carbocycles. The highest BCUT2D eigenvalue weighted by Gasteiger charge is 2.22. The summed E-state index contributed by atoms with van der Waals surface area (Å²) in [7, 11) is -3.57. The number of nitrogens with one attached hydrogen (secondary N) is 2. The van der Waals surface area contributed by atoms with Gasteiger partial charge in [-0.1, -0.05) is 12.8 Å². The largest absolute Gasteiger partial charge is 0.324 e. The topological polar surface area (TPSA) is 106 Å². The molecule has 2 aromatic heterocycles. The number of hydrogen-bond donors (Lipinski definition) is 2. The van der Waals surface area contributed by atoms with Crippen LogP contribution < -0.4 is 15.6 Å². The van der Waals surface area contributed by atoms with Crippen LogP contribution in [0.5, 0.6) is 0 Å². The minimum Gasteiger partial charge on any atom is -0.324 e. The summed E-state index contributed by atoms with van der Waals surface area (Å²) in [6, 6.07) is 6.68. The zero-order valence-corrected chi connectivity index (χ0v) is 19.7. The quantitative estimate of drug-likeness (QED) is 0.583. The summed E-state index contributed by atoms with van der Waals surface area (Å²) < 4.78 is 29.3. The maximum Gasteiger partial charge on any atom is 0.255 e. The van der Waals surface area contributed by atoms with Gasteiger partial charge < -0.3 is 5.32 Å². The van der Waals surface area contributed by atoms with Gasteiger partial charge in [0.2, 0.25) is 16.0 Å². The second-order valence-electron chi connectivity index (χ2n) is 8.79. The van der Waals surface area contributed by atoms with Crippen LogP contribution >= 0.6 is 0 Å². The molecule has 1 fully saturated rings. The number of rotatable bonds is 6. The Hall–Kier alpha value is -2.78. The van der Waals surface area contributed by atoms with Crippen molar-refractivity contribution in [2.24, 2.45) is 0 Å². The van der Waals surface area contributed by atoms with E-state index in [1.54, 1.807) is 38.2 Å². The Morgan fingerprint density at radius 3 is 2.47 bits per heavy atom. The van der Waals surface area contributed by atoms with Gasteiger partial charge in [-0.15, -0.1) is 0 Å². The molecule has 1 aliphatic rings. The number of pyridine rings is 1. The van der Waals surface area contributed by atoms with Crippen molar-refractivity contribution in [2.75, 3.05) is 5.32 Å². The summed E-state index contributed by atoms with van der Waals surface area (Å²) in [6.07, 6.45) is 5.91. The average molecular weight is 456 g/mol. The number of hydrogen-bond acceptors (Lipinski definition) is 6. The Bertz CT molecular complexity index is 1330. The van der Waals surface area contributed by atoms with Crippen molar-refractivity contribution >= 4 is 32.7 Å². The highest BCUT2D eigenvalue weighted by atomic mass is 32.2. The van der Waals surface area contributed by atoms with Gasteiger partial charge in [0.25, 0.3) is 5.56 Å². The summed E-state index contributed by atoms with van der Waals surface area (Å²) in [6.45, 7) is 7.22. The highest BCUT2D eigenvalue weighted by molar-refractivity contribution is 7.89. The third-order valence-corrected chi connectivity index (χ3v) is 7.44. The fourth-order valence-corrected chi connectivity index (χ4v) is 5.60. The van der Waals surface area contributed by atoms with Gasteiger partial charge in [-0.25, -0.2) is 18.1 Å². The zero-order chi connectivity index (χ0) is 23.0. The molecule has 9 heteroatoms. The number of anilines is 2. The van der Waals surface area contributed by atoms with Gasteiger partial charge in [-0.3, -0.25) is 9.36 Å². The van der Waals surface area contributed by atoms with Crippen molar-refractivity contribution in [3.8, 4) is 0 Å². The van der Waals surface area contributed by atoms with Crippen LogP contribution in [-0.4, -0.2) is 29.0 Å². The Kier molecular flexibility index (Phi) is 6.05. The van der Waals surface area contributed by atoms with Crippen LogP contribution in [0, 0.1) is 13.8 Å². The third kappa shape index (κ3) is 4.40. The minimum absolute atomic E-state index is 0.00237. The minimum atomic E-state index is -3.57. The molecule has 0 unspecified atom stereocenters. The summed E-state index contributed by atoms with van der Waals surface area (Å²) >= 11 is 0. The lowest BCUT2D eigenvalue weighted by molar-refractivity contribution is 0.514. The van der Waals surface area contributed by atoms with Crippen LogP contribution in [-0.2, 0) is 10.0 Å². The van der Waals surface area contributed by atoms with Gasteiger partial charge in [0.1, 0.15) is 5.65 Å². The molecule has 1 saturated carbocycles. The third-order valence-electron chi connectivity index (χ3n) is 5.79. The lowest BCUT2D eigenvalue weighted by Crippen LogP contribution is -2.30. The number of fused-ring (bicyclic) bond motifs is 1. The summed E-state index contributed by atoms with van der Waals surface area (Å²) in [4.78, 5) is 22.2. The lowest BCUT2D eigenvalue weighted by atomic mass is 10.2. The second-order valence-corrected chi connectivity index (χ2v) is 10.5. The maximum atomic E-state index is 12.9. The molecule has 170 valence electrons. The standard InChI is InChI=1S/C23H29N5O3S/c1-14(2)27-32(30,31)19-9-10-20(15(3)12-19)25-23-24-13-17-11-16(4)22(29)28(21(17)26-23)18-7-5-6-8-18/h9-14,18,27H,5-8H2,1-4H3,(H,24,25,26). The van der Waals surface area contributed by atoms with E-state index in [0.717, 1.165) is 36.6 Å². The molecule has 0 saturated heterocycles. The molecule has 32 heavy (non-hydrogen) atoms. The Morgan fingerprint density at radius 1 is 1.09 bits per heavy atom. The molecule has 0 radical (unpaired) electrons. The van der Waals surface area contributed by atoms with Crippen molar-refractivity contribution in [3.05, 3.63) is 51.9 Å². The average Bonchev–Trinajstić information content (AvgIpc) is 3.24. The maximum absolute atomic E-state index is 12.9. The first-order valence-corrected chi connectivity index (χ1v) is 12.4. The molecule has 0 atom stereocenters. The molecule has 0 bridgehead atoms. The van der Waals surface area contributed by atoms with E-state index in [1.165, 1.54) is 0 Å². The second kappa shape index (κ2) is 8.63. The van der Waals surface area contributed by atoms with Crippen LogP contribution in [0.25, 0.3) is 11.0 Å². The Morgan fingerprint density at radius 2 is 1.81 bits per heavy atom. The van der Waals surface area contributed by atoms with Gasteiger partial charge in [0, 0.05) is 34.9 Å². The molecule has 0 spiro atoms. The van der Waals surface area contributed by atoms with Gasteiger partial charge >= 0.3 is 0 Å². The van der Waals surface area contributed by atoms with Crippen LogP contribution in [0.2, 0.25) is 0 Å². The van der Waals surface area contributed by atoms with E-state index in [-0.39, 0.29) is 22.5 Å². The van der Waals surface area contributed by atoms with Crippen LogP contribution in [0.4, 0.5) is 11.6 Å². The van der Waals surface area contributed by atoms with Gasteiger partial charge in [-0.2, -0.15) is 4.98 Å². The van der Waals surface area contributed by atoms with E-state index in [9.17, 15) is 13.2 Å². The van der Waals surface area contributed by atoms with Crippen molar-refractivity contribution in [3.63, 3.8) is 0 Å². The first kappa shape index (κ1) is 22.4. The summed E-state index contributed by atoms with van der Waals surface area (Å²) in [5.41, 5.74) is 2.77. The normalized spacial score (nSPS) is 15.0.